The van der Waals surface area contributed by atoms with Gasteiger partial charge in [0.25, 0.3) is 5.69 Å². The molecule has 0 saturated heterocycles. The molecule has 0 heterocycles. The van der Waals surface area contributed by atoms with Crippen LogP contribution in [0, 0.1) is 10.1 Å². The molecule has 6 nitrogen and oxygen atoms in total. The molecule has 1 rings (SSSR count). The van der Waals surface area contributed by atoms with Gasteiger partial charge in [0.1, 0.15) is 0 Å². The third-order valence-electron chi connectivity index (χ3n) is 2.55. The molecule has 1 aromatic rings. The summed E-state index contributed by atoms with van der Waals surface area (Å²) in [6.45, 7) is 4.78. The number of benzene rings is 1. The number of nitrogens with one attached hydrogen (secondary N) is 2. The van der Waals surface area contributed by atoms with Crippen LogP contribution in [0.1, 0.15) is 19.4 Å². The van der Waals surface area contributed by atoms with Crippen LogP contribution in [0.2, 0.25) is 0 Å². The lowest BCUT2D eigenvalue weighted by atomic mass is 10.1. The van der Waals surface area contributed by atoms with Crippen molar-refractivity contribution in [2.45, 2.75) is 26.3 Å². The number of amides is 1. The summed E-state index contributed by atoms with van der Waals surface area (Å²) >= 11 is 0. The highest BCUT2D eigenvalue weighted by atomic mass is 16.6. The number of carbonyl (C=O) groups excluding carboxylic acids is 1. The summed E-state index contributed by atoms with van der Waals surface area (Å²) in [5, 5.41) is 16.3. The van der Waals surface area contributed by atoms with Gasteiger partial charge in [0.05, 0.1) is 11.5 Å². The summed E-state index contributed by atoms with van der Waals surface area (Å²) in [6, 6.07) is 6.63. The molecule has 0 fully saturated rings. The number of carbonyl (C=O) groups is 1. The first kappa shape index (κ1) is 15.1. The van der Waals surface area contributed by atoms with Crippen LogP contribution in [0.4, 0.5) is 5.69 Å². The predicted octanol–water partition coefficient (Wildman–Crippen LogP) is 1.25. The summed E-state index contributed by atoms with van der Waals surface area (Å²) in [6.07, 6.45) is 0.658. The molecule has 2 N–H and O–H groups in total. The molecule has 104 valence electrons. The van der Waals surface area contributed by atoms with E-state index >= 15 is 0 Å². The first-order valence-corrected chi connectivity index (χ1v) is 6.22. The third kappa shape index (κ3) is 5.96. The highest BCUT2D eigenvalue weighted by molar-refractivity contribution is 5.77. The molecule has 0 aliphatic carbocycles. The molecule has 0 aliphatic heterocycles. The number of hydrogen-bond donors (Lipinski definition) is 2. The van der Waals surface area contributed by atoms with Crippen molar-refractivity contribution in [1.29, 1.82) is 0 Å². The van der Waals surface area contributed by atoms with Gasteiger partial charge < -0.3 is 10.6 Å². The van der Waals surface area contributed by atoms with Gasteiger partial charge in [0.15, 0.2) is 0 Å². The highest BCUT2D eigenvalue weighted by Gasteiger charge is 2.05. The molecule has 19 heavy (non-hydrogen) atoms. The lowest BCUT2D eigenvalue weighted by Gasteiger charge is -2.08. The SMILES string of the molecule is CC(C)NCC(=O)NCCc1ccc([N+](=O)[O-])cc1. The molecule has 0 unspecified atom stereocenters. The van der Waals surface area contributed by atoms with E-state index in [0.717, 1.165) is 5.56 Å². The predicted molar refractivity (Wildman–Crippen MR) is 72.9 cm³/mol. The van der Waals surface area contributed by atoms with Gasteiger partial charge in [-0.2, -0.15) is 0 Å². The van der Waals surface area contributed by atoms with Crippen LogP contribution in [0.5, 0.6) is 0 Å². The van der Waals surface area contributed by atoms with E-state index in [0.29, 0.717) is 19.5 Å². The number of nitro benzene ring substituents is 1. The van der Waals surface area contributed by atoms with Crippen molar-refractivity contribution in [1.82, 2.24) is 10.6 Å². The van der Waals surface area contributed by atoms with Gasteiger partial charge in [-0.3, -0.25) is 14.9 Å². The number of nitro groups is 1. The van der Waals surface area contributed by atoms with Crippen molar-refractivity contribution >= 4 is 11.6 Å². The van der Waals surface area contributed by atoms with Crippen molar-refractivity contribution in [3.8, 4) is 0 Å². The Hall–Kier alpha value is -1.95. The standard InChI is InChI=1S/C13H19N3O3/c1-10(2)15-9-13(17)14-8-7-11-3-5-12(6-4-11)16(18)19/h3-6,10,15H,7-9H2,1-2H3,(H,14,17). The molecule has 0 spiro atoms. The maximum absolute atomic E-state index is 11.4. The first-order valence-electron chi connectivity index (χ1n) is 6.22. The molecule has 0 bridgehead atoms. The van der Waals surface area contributed by atoms with Crippen molar-refractivity contribution < 1.29 is 9.72 Å². The Bertz CT molecular complexity index is 429. The van der Waals surface area contributed by atoms with Crippen LogP contribution >= 0.6 is 0 Å². The smallest absolute Gasteiger partial charge is 0.269 e. The third-order valence-corrected chi connectivity index (χ3v) is 2.55. The average molecular weight is 265 g/mol. The van der Waals surface area contributed by atoms with Crippen molar-refractivity contribution in [2.75, 3.05) is 13.1 Å². The van der Waals surface area contributed by atoms with E-state index in [1.807, 2.05) is 13.8 Å². The fraction of sp³-hybridized carbons (Fsp3) is 0.462. The Morgan fingerprint density at radius 1 is 1.32 bits per heavy atom. The van der Waals surface area contributed by atoms with Gasteiger partial charge in [-0.05, 0) is 12.0 Å². The number of non-ortho nitro benzene ring substituents is 1. The second-order valence-corrected chi connectivity index (χ2v) is 4.56. The van der Waals surface area contributed by atoms with Crippen LogP contribution in [-0.4, -0.2) is 30.0 Å². The average Bonchev–Trinajstić information content (AvgIpc) is 2.37. The van der Waals surface area contributed by atoms with Gasteiger partial charge >= 0.3 is 0 Å². The Labute approximate surface area is 112 Å². The van der Waals surface area contributed by atoms with Gasteiger partial charge in [-0.15, -0.1) is 0 Å². The minimum atomic E-state index is -0.427. The van der Waals surface area contributed by atoms with Crippen molar-refractivity contribution in [2.24, 2.45) is 0 Å². The van der Waals surface area contributed by atoms with Crippen LogP contribution in [-0.2, 0) is 11.2 Å². The highest BCUT2D eigenvalue weighted by Crippen LogP contribution is 2.11. The summed E-state index contributed by atoms with van der Waals surface area (Å²) < 4.78 is 0. The quantitative estimate of drug-likeness (QED) is 0.574. The largest absolute Gasteiger partial charge is 0.355 e. The zero-order valence-corrected chi connectivity index (χ0v) is 11.2. The van der Waals surface area contributed by atoms with Crippen LogP contribution in [0.25, 0.3) is 0 Å². The minimum Gasteiger partial charge on any atom is -0.355 e. The summed E-state index contributed by atoms with van der Waals surface area (Å²) in [7, 11) is 0. The van der Waals surface area contributed by atoms with Gasteiger partial charge in [0, 0.05) is 24.7 Å². The molecule has 0 atom stereocenters. The van der Waals surface area contributed by atoms with E-state index in [1.54, 1.807) is 12.1 Å². The topological polar surface area (TPSA) is 84.3 Å². The zero-order chi connectivity index (χ0) is 14.3. The molecule has 0 aromatic heterocycles. The molecular weight excluding hydrogens is 246 g/mol. The summed E-state index contributed by atoms with van der Waals surface area (Å²) in [5.74, 6) is -0.0457. The normalized spacial score (nSPS) is 10.5. The molecular formula is C13H19N3O3. The molecule has 0 aliphatic rings. The van der Waals surface area contributed by atoms with Crippen LogP contribution in [0.15, 0.2) is 24.3 Å². The second-order valence-electron chi connectivity index (χ2n) is 4.56. The maximum Gasteiger partial charge on any atom is 0.269 e. The lowest BCUT2D eigenvalue weighted by Crippen LogP contribution is -2.37. The molecule has 1 amide bonds. The van der Waals surface area contributed by atoms with E-state index < -0.39 is 4.92 Å². The Balaban J connectivity index is 2.29. The monoisotopic (exact) mass is 265 g/mol. The fourth-order valence-electron chi connectivity index (χ4n) is 1.49. The number of nitrogens with zero attached hydrogens (tertiary/aromatic N) is 1. The molecule has 0 saturated carbocycles. The van der Waals surface area contributed by atoms with E-state index in [4.69, 9.17) is 0 Å². The van der Waals surface area contributed by atoms with Gasteiger partial charge in [-0.1, -0.05) is 26.0 Å². The summed E-state index contributed by atoms with van der Waals surface area (Å²) in [4.78, 5) is 21.5. The van der Waals surface area contributed by atoms with Gasteiger partial charge in [-0.25, -0.2) is 0 Å². The molecule has 6 heteroatoms. The van der Waals surface area contributed by atoms with E-state index in [2.05, 4.69) is 10.6 Å². The fourth-order valence-corrected chi connectivity index (χ4v) is 1.49. The maximum atomic E-state index is 11.4. The Morgan fingerprint density at radius 3 is 2.47 bits per heavy atom. The van der Waals surface area contributed by atoms with E-state index in [1.165, 1.54) is 12.1 Å². The van der Waals surface area contributed by atoms with Crippen molar-refractivity contribution in [3.63, 3.8) is 0 Å². The molecule has 1 aromatic carbocycles. The Kier molecular flexibility index (Phi) is 5.95. The van der Waals surface area contributed by atoms with Crippen molar-refractivity contribution in [3.05, 3.63) is 39.9 Å². The summed E-state index contributed by atoms with van der Waals surface area (Å²) in [5.41, 5.74) is 1.04. The minimum absolute atomic E-state index is 0.0457. The first-order chi connectivity index (χ1) is 8.99. The Morgan fingerprint density at radius 2 is 1.95 bits per heavy atom. The van der Waals surface area contributed by atoms with E-state index in [-0.39, 0.29) is 17.6 Å². The number of hydrogen-bond acceptors (Lipinski definition) is 4. The van der Waals surface area contributed by atoms with Crippen LogP contribution < -0.4 is 10.6 Å². The number of rotatable bonds is 7. The zero-order valence-electron chi connectivity index (χ0n) is 11.2. The second kappa shape index (κ2) is 7.48. The van der Waals surface area contributed by atoms with Gasteiger partial charge in [0.2, 0.25) is 5.91 Å². The molecule has 0 radical (unpaired) electrons. The lowest BCUT2D eigenvalue weighted by molar-refractivity contribution is -0.384. The van der Waals surface area contributed by atoms with Crippen LogP contribution in [0.3, 0.4) is 0 Å². The van der Waals surface area contributed by atoms with E-state index in [9.17, 15) is 14.9 Å².